The van der Waals surface area contributed by atoms with Gasteiger partial charge >= 0.3 is 18.0 Å². The van der Waals surface area contributed by atoms with Crippen LogP contribution in [0, 0.1) is 0 Å². The number of hydrogen-bond acceptors (Lipinski definition) is 5. The maximum Gasteiger partial charge on any atom is 0.408 e. The van der Waals surface area contributed by atoms with Crippen molar-refractivity contribution in [3.8, 4) is 0 Å². The highest BCUT2D eigenvalue weighted by molar-refractivity contribution is 6.31. The fourth-order valence-electron chi connectivity index (χ4n) is 2.08. The zero-order valence-electron chi connectivity index (χ0n) is 16.4. The van der Waals surface area contributed by atoms with Crippen LogP contribution in [0.4, 0.5) is 4.79 Å². The molecule has 1 atom stereocenters. The molecule has 0 saturated heterocycles. The number of esters is 1. The molecule has 1 aromatic rings. The van der Waals surface area contributed by atoms with Gasteiger partial charge in [0.2, 0.25) is 0 Å². The number of carbonyl (C=O) groups is 3. The zero-order chi connectivity index (χ0) is 21.0. The normalized spacial score (nSPS) is 12.9. The summed E-state index contributed by atoms with van der Waals surface area (Å²) in [6, 6.07) is 3.12. The lowest BCUT2D eigenvalue weighted by molar-refractivity contribution is -0.157. The van der Waals surface area contributed by atoms with Crippen molar-refractivity contribution in [2.45, 2.75) is 65.2 Å². The summed E-state index contributed by atoms with van der Waals surface area (Å²) in [6.07, 6.45) is -0.746. The summed E-state index contributed by atoms with van der Waals surface area (Å²) < 4.78 is 10.6. The van der Waals surface area contributed by atoms with Crippen molar-refractivity contribution in [1.82, 2.24) is 5.32 Å². The fraction of sp³-hybridized carbons (Fsp3) is 0.526. The van der Waals surface area contributed by atoms with E-state index in [-0.39, 0.29) is 17.0 Å². The highest BCUT2D eigenvalue weighted by Gasteiger charge is 2.29. The van der Waals surface area contributed by atoms with Crippen LogP contribution in [0.15, 0.2) is 18.2 Å². The molecule has 150 valence electrons. The molecule has 0 aromatic heterocycles. The maximum atomic E-state index is 12.5. The van der Waals surface area contributed by atoms with Crippen molar-refractivity contribution in [2.75, 3.05) is 0 Å². The smallest absolute Gasteiger partial charge is 0.408 e. The van der Waals surface area contributed by atoms with Gasteiger partial charge < -0.3 is 19.9 Å². The van der Waals surface area contributed by atoms with E-state index in [9.17, 15) is 14.4 Å². The highest BCUT2D eigenvalue weighted by atomic mass is 35.5. The van der Waals surface area contributed by atoms with Crippen molar-refractivity contribution < 1.29 is 29.0 Å². The fourth-order valence-corrected chi connectivity index (χ4v) is 2.34. The summed E-state index contributed by atoms with van der Waals surface area (Å²) in [7, 11) is 0. The van der Waals surface area contributed by atoms with Gasteiger partial charge in [0.15, 0.2) is 0 Å². The van der Waals surface area contributed by atoms with Gasteiger partial charge in [0.1, 0.15) is 17.2 Å². The van der Waals surface area contributed by atoms with Gasteiger partial charge in [-0.25, -0.2) is 14.4 Å². The van der Waals surface area contributed by atoms with Gasteiger partial charge in [-0.1, -0.05) is 17.7 Å². The third-order valence-corrected chi connectivity index (χ3v) is 3.46. The number of aromatic carboxylic acids is 1. The molecule has 1 aromatic carbocycles. The lowest BCUT2D eigenvalue weighted by Crippen LogP contribution is -2.47. The first-order chi connectivity index (χ1) is 12.2. The first-order valence-corrected chi connectivity index (χ1v) is 8.80. The van der Waals surface area contributed by atoms with Crippen molar-refractivity contribution in [2.24, 2.45) is 0 Å². The van der Waals surface area contributed by atoms with Crippen LogP contribution in [-0.2, 0) is 20.7 Å². The van der Waals surface area contributed by atoms with E-state index in [4.69, 9.17) is 26.2 Å². The second-order valence-electron chi connectivity index (χ2n) is 8.05. The molecule has 1 rings (SSSR count). The van der Waals surface area contributed by atoms with Crippen LogP contribution in [0.5, 0.6) is 0 Å². The number of carbonyl (C=O) groups excluding carboxylic acids is 2. The Labute approximate surface area is 164 Å². The summed E-state index contributed by atoms with van der Waals surface area (Å²) in [4.78, 5) is 35.7. The van der Waals surface area contributed by atoms with Crippen molar-refractivity contribution in [1.29, 1.82) is 0 Å². The average Bonchev–Trinajstić information content (AvgIpc) is 2.44. The van der Waals surface area contributed by atoms with E-state index < -0.39 is 35.3 Å². The van der Waals surface area contributed by atoms with Crippen LogP contribution < -0.4 is 5.32 Å². The van der Waals surface area contributed by atoms with E-state index in [0.717, 1.165) is 0 Å². The third-order valence-electron chi connectivity index (χ3n) is 3.11. The third kappa shape index (κ3) is 8.30. The Balaban J connectivity index is 3.05. The Morgan fingerprint density at radius 3 is 2.07 bits per heavy atom. The molecule has 0 bridgehead atoms. The summed E-state index contributed by atoms with van der Waals surface area (Å²) in [6.45, 7) is 10.3. The Morgan fingerprint density at radius 1 is 1.07 bits per heavy atom. The summed E-state index contributed by atoms with van der Waals surface area (Å²) in [5.41, 5.74) is -0.961. The topological polar surface area (TPSA) is 102 Å². The van der Waals surface area contributed by atoms with E-state index in [1.807, 2.05) is 0 Å². The van der Waals surface area contributed by atoms with Gasteiger partial charge in [-0.3, -0.25) is 0 Å². The van der Waals surface area contributed by atoms with Gasteiger partial charge in [0, 0.05) is 11.4 Å². The molecule has 2 N–H and O–H groups in total. The second kappa shape index (κ2) is 8.61. The second-order valence-corrected chi connectivity index (χ2v) is 8.45. The number of ether oxygens (including phenoxy) is 2. The van der Waals surface area contributed by atoms with Crippen molar-refractivity contribution in [3.63, 3.8) is 0 Å². The molecule has 0 radical (unpaired) electrons. The molecule has 0 aliphatic heterocycles. The molecule has 0 aliphatic carbocycles. The molecule has 1 amide bonds. The number of amides is 1. The summed E-state index contributed by atoms with van der Waals surface area (Å²) in [5.74, 6) is -1.76. The van der Waals surface area contributed by atoms with Crippen molar-refractivity contribution in [3.05, 3.63) is 34.3 Å². The molecule has 8 heteroatoms. The number of carboxylic acids is 1. The first kappa shape index (κ1) is 22.8. The standard InChI is InChI=1S/C19H26ClNO6/c1-18(2,3)26-16(24)14(21-17(25)27-19(4,5)6)10-11-7-8-12(15(22)23)9-13(11)20/h7-9,14H,10H2,1-6H3,(H,21,25)(H,22,23)/t14-/m0/s1. The number of alkyl carbamates (subject to hydrolysis) is 1. The highest BCUT2D eigenvalue weighted by Crippen LogP contribution is 2.21. The largest absolute Gasteiger partial charge is 0.478 e. The summed E-state index contributed by atoms with van der Waals surface area (Å²) in [5, 5.41) is 11.7. The SMILES string of the molecule is CC(C)(C)OC(=O)N[C@@H](Cc1ccc(C(=O)O)cc1Cl)C(=O)OC(C)(C)C. The Kier molecular flexibility index (Phi) is 7.25. The lowest BCUT2D eigenvalue weighted by Gasteiger charge is -2.26. The van der Waals surface area contributed by atoms with E-state index >= 15 is 0 Å². The van der Waals surface area contributed by atoms with Crippen molar-refractivity contribution >= 4 is 29.6 Å². The maximum absolute atomic E-state index is 12.5. The van der Waals surface area contributed by atoms with Crippen LogP contribution in [0.2, 0.25) is 5.02 Å². The number of benzene rings is 1. The molecular weight excluding hydrogens is 374 g/mol. The number of carboxylic acid groups (broad SMARTS) is 1. The van der Waals surface area contributed by atoms with Crippen LogP contribution in [0.3, 0.4) is 0 Å². The van der Waals surface area contributed by atoms with Crippen LogP contribution in [0.1, 0.15) is 57.5 Å². The molecule has 0 aliphatic rings. The molecule has 0 fully saturated rings. The Hall–Kier alpha value is -2.28. The van der Waals surface area contributed by atoms with Crippen LogP contribution >= 0.6 is 11.6 Å². The average molecular weight is 400 g/mol. The number of rotatable bonds is 5. The van der Waals surface area contributed by atoms with Gasteiger partial charge in [-0.05, 0) is 59.2 Å². The van der Waals surface area contributed by atoms with Gasteiger partial charge in [-0.2, -0.15) is 0 Å². The van der Waals surface area contributed by atoms with E-state index in [1.54, 1.807) is 41.5 Å². The molecule has 7 nitrogen and oxygen atoms in total. The number of halogens is 1. The van der Waals surface area contributed by atoms with Crippen LogP contribution in [0.25, 0.3) is 0 Å². The molecule has 27 heavy (non-hydrogen) atoms. The predicted octanol–water partition coefficient (Wildman–Crippen LogP) is 3.82. The zero-order valence-corrected chi connectivity index (χ0v) is 17.1. The van der Waals surface area contributed by atoms with Gasteiger partial charge in [0.25, 0.3) is 0 Å². The Bertz CT molecular complexity index is 718. The molecular formula is C19H26ClNO6. The van der Waals surface area contributed by atoms with Gasteiger partial charge in [-0.15, -0.1) is 0 Å². The monoisotopic (exact) mass is 399 g/mol. The molecule has 0 heterocycles. The Morgan fingerprint density at radius 2 is 1.63 bits per heavy atom. The molecule has 0 unspecified atom stereocenters. The summed E-state index contributed by atoms with van der Waals surface area (Å²) >= 11 is 6.14. The minimum absolute atomic E-state index is 0.0207. The lowest BCUT2D eigenvalue weighted by atomic mass is 10.0. The number of hydrogen-bond donors (Lipinski definition) is 2. The predicted molar refractivity (Wildman–Crippen MR) is 101 cm³/mol. The van der Waals surface area contributed by atoms with E-state index in [1.165, 1.54) is 18.2 Å². The minimum atomic E-state index is -1.11. The molecule has 0 spiro atoms. The quantitative estimate of drug-likeness (QED) is 0.730. The van der Waals surface area contributed by atoms with Gasteiger partial charge in [0.05, 0.1) is 5.56 Å². The molecule has 0 saturated carbocycles. The minimum Gasteiger partial charge on any atom is -0.478 e. The van der Waals surface area contributed by atoms with E-state index in [2.05, 4.69) is 5.32 Å². The number of nitrogens with one attached hydrogen (secondary N) is 1. The van der Waals surface area contributed by atoms with Crippen LogP contribution in [-0.4, -0.2) is 40.4 Å². The first-order valence-electron chi connectivity index (χ1n) is 8.42. The van der Waals surface area contributed by atoms with E-state index in [0.29, 0.717) is 5.56 Å².